The normalized spacial score (nSPS) is 26.2. The number of halogens is 1. The number of sulfonamides is 1. The molecule has 2 fully saturated rings. The molecule has 0 radical (unpaired) electrons. The van der Waals surface area contributed by atoms with Crippen LogP contribution in [-0.2, 0) is 16.4 Å². The van der Waals surface area contributed by atoms with Gasteiger partial charge in [-0.1, -0.05) is 19.1 Å². The number of hydrogen-bond acceptors (Lipinski definition) is 3. The molecule has 0 unspecified atom stereocenters. The fourth-order valence-corrected chi connectivity index (χ4v) is 4.71. The van der Waals surface area contributed by atoms with Crippen molar-refractivity contribution in [3.63, 3.8) is 0 Å². The van der Waals surface area contributed by atoms with Crippen LogP contribution >= 0.6 is 12.4 Å². The molecule has 0 bridgehead atoms. The summed E-state index contributed by atoms with van der Waals surface area (Å²) in [6.07, 6.45) is 0.860. The summed E-state index contributed by atoms with van der Waals surface area (Å²) in [5, 5.41) is 3.33. The summed E-state index contributed by atoms with van der Waals surface area (Å²) >= 11 is 0. The molecule has 2 atom stereocenters. The molecule has 2 heterocycles. The van der Waals surface area contributed by atoms with Crippen molar-refractivity contribution in [3.8, 4) is 0 Å². The predicted octanol–water partition coefficient (Wildman–Crippen LogP) is 1.51. The van der Waals surface area contributed by atoms with E-state index in [1.807, 2.05) is 25.1 Å². The van der Waals surface area contributed by atoms with Gasteiger partial charge in [0.25, 0.3) is 0 Å². The van der Waals surface area contributed by atoms with Crippen LogP contribution in [-0.4, -0.2) is 38.9 Å². The predicted molar refractivity (Wildman–Crippen MR) is 81.7 cm³/mol. The number of fused-ring (bicyclic) bond motifs is 1. The minimum absolute atomic E-state index is 0. The van der Waals surface area contributed by atoms with Gasteiger partial charge in [-0.25, -0.2) is 8.42 Å². The molecule has 0 aromatic heterocycles. The van der Waals surface area contributed by atoms with Crippen molar-refractivity contribution in [1.82, 2.24) is 9.62 Å². The first-order chi connectivity index (χ1) is 9.11. The van der Waals surface area contributed by atoms with E-state index in [2.05, 4.69) is 5.32 Å². The van der Waals surface area contributed by atoms with Crippen molar-refractivity contribution in [1.29, 1.82) is 0 Å². The maximum atomic E-state index is 12.6. The van der Waals surface area contributed by atoms with Gasteiger partial charge in [-0.05, 0) is 49.0 Å². The average molecular weight is 317 g/mol. The molecule has 0 amide bonds. The van der Waals surface area contributed by atoms with Crippen LogP contribution in [0.2, 0.25) is 0 Å². The molecule has 2 aliphatic heterocycles. The summed E-state index contributed by atoms with van der Waals surface area (Å²) in [5.41, 5.74) is 1.07. The number of rotatable bonds is 3. The molecule has 1 N–H and O–H groups in total. The lowest BCUT2D eigenvalue weighted by molar-refractivity contribution is 0.448. The first kappa shape index (κ1) is 15.8. The highest BCUT2D eigenvalue weighted by Gasteiger charge is 2.41. The fraction of sp³-hybridized carbons (Fsp3) is 0.571. The van der Waals surface area contributed by atoms with Crippen molar-refractivity contribution in [2.24, 2.45) is 11.8 Å². The first-order valence-corrected chi connectivity index (χ1v) is 8.35. The number of hydrogen-bond donors (Lipinski definition) is 1. The summed E-state index contributed by atoms with van der Waals surface area (Å²) < 4.78 is 26.9. The third kappa shape index (κ3) is 2.72. The van der Waals surface area contributed by atoms with Crippen molar-refractivity contribution in [2.45, 2.75) is 18.2 Å². The smallest absolute Gasteiger partial charge is 0.243 e. The van der Waals surface area contributed by atoms with E-state index >= 15 is 0 Å². The van der Waals surface area contributed by atoms with Gasteiger partial charge in [-0.2, -0.15) is 4.31 Å². The Morgan fingerprint density at radius 3 is 2.50 bits per heavy atom. The van der Waals surface area contributed by atoms with Crippen LogP contribution in [0.15, 0.2) is 29.2 Å². The summed E-state index contributed by atoms with van der Waals surface area (Å²) in [6, 6.07) is 7.33. The van der Waals surface area contributed by atoms with E-state index in [-0.39, 0.29) is 12.4 Å². The van der Waals surface area contributed by atoms with Gasteiger partial charge in [-0.15, -0.1) is 12.4 Å². The molecule has 0 spiro atoms. The Morgan fingerprint density at radius 1 is 1.25 bits per heavy atom. The largest absolute Gasteiger partial charge is 0.316 e. The lowest BCUT2D eigenvalue weighted by atomic mass is 10.0. The van der Waals surface area contributed by atoms with E-state index in [0.29, 0.717) is 29.8 Å². The van der Waals surface area contributed by atoms with Crippen molar-refractivity contribution >= 4 is 22.4 Å². The topological polar surface area (TPSA) is 49.4 Å². The van der Waals surface area contributed by atoms with Gasteiger partial charge in [-0.3, -0.25) is 0 Å². The third-order valence-electron chi connectivity index (χ3n) is 4.30. The molecule has 6 heteroatoms. The summed E-state index contributed by atoms with van der Waals surface area (Å²) in [6.45, 7) is 5.27. The summed E-state index contributed by atoms with van der Waals surface area (Å²) in [7, 11) is -3.31. The van der Waals surface area contributed by atoms with Gasteiger partial charge >= 0.3 is 0 Å². The van der Waals surface area contributed by atoms with Crippen LogP contribution in [0.4, 0.5) is 0 Å². The minimum atomic E-state index is -3.31. The van der Waals surface area contributed by atoms with Gasteiger partial charge in [0, 0.05) is 13.1 Å². The molecule has 1 aromatic carbocycles. The van der Waals surface area contributed by atoms with Crippen LogP contribution in [0.3, 0.4) is 0 Å². The number of benzene rings is 1. The van der Waals surface area contributed by atoms with Crippen LogP contribution in [0, 0.1) is 11.8 Å². The summed E-state index contributed by atoms with van der Waals surface area (Å²) in [4.78, 5) is 0.444. The molecule has 2 aliphatic rings. The second-order valence-corrected chi connectivity index (χ2v) is 7.44. The number of nitrogens with one attached hydrogen (secondary N) is 1. The van der Waals surface area contributed by atoms with E-state index in [9.17, 15) is 8.42 Å². The second-order valence-electron chi connectivity index (χ2n) is 5.50. The molecule has 0 saturated carbocycles. The molecule has 0 aliphatic carbocycles. The van der Waals surface area contributed by atoms with E-state index in [1.54, 1.807) is 10.4 Å². The van der Waals surface area contributed by atoms with E-state index in [0.717, 1.165) is 25.1 Å². The van der Waals surface area contributed by atoms with Crippen molar-refractivity contribution in [3.05, 3.63) is 29.8 Å². The molecule has 1 aromatic rings. The van der Waals surface area contributed by atoms with Gasteiger partial charge < -0.3 is 5.32 Å². The van der Waals surface area contributed by atoms with Crippen molar-refractivity contribution < 1.29 is 8.42 Å². The molecule has 112 valence electrons. The van der Waals surface area contributed by atoms with E-state index in [1.165, 1.54) is 0 Å². The Kier molecular flexibility index (Phi) is 4.74. The van der Waals surface area contributed by atoms with Crippen LogP contribution < -0.4 is 5.32 Å². The van der Waals surface area contributed by atoms with Gasteiger partial charge in [0.15, 0.2) is 0 Å². The Labute approximate surface area is 127 Å². The lowest BCUT2D eigenvalue weighted by Gasteiger charge is -2.17. The molecule has 2 saturated heterocycles. The maximum absolute atomic E-state index is 12.6. The highest BCUT2D eigenvalue weighted by molar-refractivity contribution is 7.89. The highest BCUT2D eigenvalue weighted by atomic mass is 35.5. The Bertz CT molecular complexity index is 564. The first-order valence-electron chi connectivity index (χ1n) is 6.91. The average Bonchev–Trinajstić information content (AvgIpc) is 2.99. The van der Waals surface area contributed by atoms with Crippen molar-refractivity contribution in [2.75, 3.05) is 26.2 Å². The quantitative estimate of drug-likeness (QED) is 0.919. The molecule has 20 heavy (non-hydrogen) atoms. The fourth-order valence-electron chi connectivity index (χ4n) is 3.08. The van der Waals surface area contributed by atoms with Crippen LogP contribution in [0.1, 0.15) is 12.5 Å². The second kappa shape index (κ2) is 6.02. The lowest BCUT2D eigenvalue weighted by Crippen LogP contribution is -2.32. The van der Waals surface area contributed by atoms with Crippen LogP contribution in [0.25, 0.3) is 0 Å². The third-order valence-corrected chi connectivity index (χ3v) is 6.13. The Morgan fingerprint density at radius 2 is 1.90 bits per heavy atom. The monoisotopic (exact) mass is 316 g/mol. The van der Waals surface area contributed by atoms with E-state index < -0.39 is 10.0 Å². The molecular weight excluding hydrogens is 296 g/mol. The van der Waals surface area contributed by atoms with E-state index in [4.69, 9.17) is 0 Å². The Hall–Kier alpha value is -0.620. The van der Waals surface area contributed by atoms with Gasteiger partial charge in [0.2, 0.25) is 10.0 Å². The maximum Gasteiger partial charge on any atom is 0.243 e. The zero-order chi connectivity index (χ0) is 13.5. The van der Waals surface area contributed by atoms with Gasteiger partial charge in [0.1, 0.15) is 0 Å². The number of nitrogens with zero attached hydrogens (tertiary/aromatic N) is 1. The number of aryl methyl sites for hydroxylation is 1. The van der Waals surface area contributed by atoms with Crippen LogP contribution in [0.5, 0.6) is 0 Å². The highest BCUT2D eigenvalue weighted by Crippen LogP contribution is 2.30. The SMILES string of the molecule is CCc1cccc(S(=O)(=O)N2C[C@H]3CNC[C@H]3C2)c1.Cl. The standard InChI is InChI=1S/C14H20N2O2S.ClH/c1-2-11-4-3-5-14(6-11)19(17,18)16-9-12-7-15-8-13(12)10-16;/h3-6,12-13,15H,2,7-10H2,1H3;1H/t12-,13+;. The zero-order valence-corrected chi connectivity index (χ0v) is 13.2. The summed E-state index contributed by atoms with van der Waals surface area (Å²) in [5.74, 6) is 0.980. The minimum Gasteiger partial charge on any atom is -0.316 e. The molecular formula is C14H21ClN2O2S. The molecule has 4 nitrogen and oxygen atoms in total. The zero-order valence-electron chi connectivity index (χ0n) is 11.6. The molecule has 3 rings (SSSR count). The Balaban J connectivity index is 0.00000147. The van der Waals surface area contributed by atoms with Gasteiger partial charge in [0.05, 0.1) is 4.90 Å².